The fraction of sp³-hybridized carbons (Fsp3) is 0.944. The van der Waals surface area contributed by atoms with Gasteiger partial charge in [-0.3, -0.25) is 4.99 Å². The number of nitrogens with zero attached hydrogens (tertiary/aromatic N) is 1. The van der Waals surface area contributed by atoms with Crippen molar-refractivity contribution in [2.75, 3.05) is 53.7 Å². The third kappa shape index (κ3) is 8.31. The van der Waals surface area contributed by atoms with Gasteiger partial charge in [-0.05, 0) is 24.7 Å². The average Bonchev–Trinajstić information content (AvgIpc) is 2.56. The van der Waals surface area contributed by atoms with Gasteiger partial charge in [-0.15, -0.1) is 0 Å². The standard InChI is InChI=1S/C18H37N3O3/c1-18(2,3)16-15(8-6-11-24-16)14-21-17(19-4)20-9-7-10-23-13-12-22-5/h15-16H,6-14H2,1-5H3,(H2,19,20,21). The van der Waals surface area contributed by atoms with Crippen molar-refractivity contribution in [1.29, 1.82) is 0 Å². The minimum absolute atomic E-state index is 0.170. The lowest BCUT2D eigenvalue weighted by Crippen LogP contribution is -2.47. The van der Waals surface area contributed by atoms with Crippen molar-refractivity contribution in [3.63, 3.8) is 0 Å². The fourth-order valence-corrected chi connectivity index (χ4v) is 3.08. The number of rotatable bonds is 9. The summed E-state index contributed by atoms with van der Waals surface area (Å²) in [4.78, 5) is 4.30. The minimum Gasteiger partial charge on any atom is -0.382 e. The minimum atomic E-state index is 0.170. The summed E-state index contributed by atoms with van der Waals surface area (Å²) in [5.74, 6) is 1.37. The molecule has 1 aliphatic rings. The van der Waals surface area contributed by atoms with Crippen molar-refractivity contribution in [2.24, 2.45) is 16.3 Å². The SMILES string of the molecule is CN=C(NCCCOCCOC)NCC1CCCOC1C(C)(C)C. The maximum absolute atomic E-state index is 6.04. The van der Waals surface area contributed by atoms with Gasteiger partial charge in [0, 0.05) is 46.4 Å². The van der Waals surface area contributed by atoms with Gasteiger partial charge in [0.1, 0.15) is 0 Å². The summed E-state index contributed by atoms with van der Waals surface area (Å²) >= 11 is 0. The van der Waals surface area contributed by atoms with Crippen LogP contribution in [0.3, 0.4) is 0 Å². The number of ether oxygens (including phenoxy) is 3. The molecule has 2 atom stereocenters. The molecule has 0 spiro atoms. The number of aliphatic imine (C=N–C) groups is 1. The summed E-state index contributed by atoms with van der Waals surface area (Å²) in [6, 6.07) is 0. The second-order valence-electron chi connectivity index (χ2n) is 7.40. The number of nitrogens with one attached hydrogen (secondary N) is 2. The lowest BCUT2D eigenvalue weighted by Gasteiger charge is -2.40. The van der Waals surface area contributed by atoms with Crippen LogP contribution in [0.2, 0.25) is 0 Å². The Morgan fingerprint density at radius 3 is 2.67 bits per heavy atom. The Hall–Kier alpha value is -0.850. The van der Waals surface area contributed by atoms with Gasteiger partial charge < -0.3 is 24.8 Å². The molecule has 1 rings (SSSR count). The molecule has 1 aliphatic heterocycles. The highest BCUT2D eigenvalue weighted by Crippen LogP contribution is 2.33. The smallest absolute Gasteiger partial charge is 0.190 e. The molecule has 2 N–H and O–H groups in total. The summed E-state index contributed by atoms with van der Waals surface area (Å²) in [7, 11) is 3.49. The van der Waals surface area contributed by atoms with Crippen LogP contribution in [-0.4, -0.2) is 65.7 Å². The van der Waals surface area contributed by atoms with Gasteiger partial charge in [0.25, 0.3) is 0 Å². The summed E-state index contributed by atoms with van der Waals surface area (Å²) < 4.78 is 16.4. The highest BCUT2D eigenvalue weighted by Gasteiger charge is 2.35. The molecule has 0 radical (unpaired) electrons. The predicted octanol–water partition coefficient (Wildman–Crippen LogP) is 2.05. The molecule has 0 saturated carbocycles. The Morgan fingerprint density at radius 2 is 2.00 bits per heavy atom. The van der Waals surface area contributed by atoms with E-state index in [2.05, 4.69) is 36.4 Å². The molecule has 24 heavy (non-hydrogen) atoms. The lowest BCUT2D eigenvalue weighted by atomic mass is 9.78. The summed E-state index contributed by atoms with van der Waals surface area (Å²) in [5, 5.41) is 6.79. The predicted molar refractivity (Wildman–Crippen MR) is 98.6 cm³/mol. The van der Waals surface area contributed by atoms with Crippen LogP contribution in [0.4, 0.5) is 0 Å². The van der Waals surface area contributed by atoms with E-state index >= 15 is 0 Å². The van der Waals surface area contributed by atoms with Crippen LogP contribution in [-0.2, 0) is 14.2 Å². The van der Waals surface area contributed by atoms with Crippen molar-refractivity contribution >= 4 is 5.96 Å². The van der Waals surface area contributed by atoms with Crippen LogP contribution < -0.4 is 10.6 Å². The van der Waals surface area contributed by atoms with Gasteiger partial charge in [-0.2, -0.15) is 0 Å². The second-order valence-corrected chi connectivity index (χ2v) is 7.40. The quantitative estimate of drug-likeness (QED) is 0.381. The molecule has 0 aliphatic carbocycles. The van der Waals surface area contributed by atoms with Crippen molar-refractivity contribution in [1.82, 2.24) is 10.6 Å². The second kappa shape index (κ2) is 11.7. The maximum Gasteiger partial charge on any atom is 0.190 e. The van der Waals surface area contributed by atoms with E-state index in [4.69, 9.17) is 14.2 Å². The highest BCUT2D eigenvalue weighted by atomic mass is 16.5. The zero-order valence-electron chi connectivity index (χ0n) is 16.2. The lowest BCUT2D eigenvalue weighted by molar-refractivity contribution is -0.0835. The van der Waals surface area contributed by atoms with E-state index < -0.39 is 0 Å². The zero-order valence-corrected chi connectivity index (χ0v) is 16.2. The molecule has 0 bridgehead atoms. The zero-order chi connectivity index (χ0) is 17.8. The van der Waals surface area contributed by atoms with E-state index in [9.17, 15) is 0 Å². The molecule has 0 aromatic carbocycles. The van der Waals surface area contributed by atoms with Gasteiger partial charge in [0.05, 0.1) is 19.3 Å². The number of hydrogen-bond acceptors (Lipinski definition) is 4. The topological polar surface area (TPSA) is 64.1 Å². The third-order valence-electron chi connectivity index (χ3n) is 4.24. The monoisotopic (exact) mass is 343 g/mol. The van der Waals surface area contributed by atoms with Gasteiger partial charge in [-0.1, -0.05) is 20.8 Å². The molecule has 0 aromatic heterocycles. The molecule has 142 valence electrons. The largest absolute Gasteiger partial charge is 0.382 e. The Morgan fingerprint density at radius 1 is 1.21 bits per heavy atom. The van der Waals surface area contributed by atoms with Crippen LogP contribution in [0, 0.1) is 11.3 Å². The molecule has 0 aromatic rings. The van der Waals surface area contributed by atoms with E-state index in [1.165, 1.54) is 6.42 Å². The Labute approximate surface area is 147 Å². The van der Waals surface area contributed by atoms with Crippen LogP contribution in [0.5, 0.6) is 0 Å². The maximum atomic E-state index is 6.04. The van der Waals surface area contributed by atoms with Crippen LogP contribution in [0.15, 0.2) is 4.99 Å². The fourth-order valence-electron chi connectivity index (χ4n) is 3.08. The van der Waals surface area contributed by atoms with E-state index in [-0.39, 0.29) is 5.41 Å². The Bertz CT molecular complexity index is 356. The number of hydrogen-bond donors (Lipinski definition) is 2. The molecule has 1 saturated heterocycles. The molecule has 6 heteroatoms. The normalized spacial score (nSPS) is 22.5. The van der Waals surface area contributed by atoms with Crippen molar-refractivity contribution in [2.45, 2.75) is 46.1 Å². The molecule has 1 heterocycles. The molecule has 1 fully saturated rings. The molecule has 6 nitrogen and oxygen atoms in total. The molecule has 0 amide bonds. The molecule has 2 unspecified atom stereocenters. The third-order valence-corrected chi connectivity index (χ3v) is 4.24. The van der Waals surface area contributed by atoms with Gasteiger partial charge in [0.2, 0.25) is 0 Å². The van der Waals surface area contributed by atoms with E-state index in [0.717, 1.165) is 45.1 Å². The Balaban J connectivity index is 2.25. The van der Waals surface area contributed by atoms with Crippen LogP contribution in [0.25, 0.3) is 0 Å². The van der Waals surface area contributed by atoms with Crippen molar-refractivity contribution in [3.05, 3.63) is 0 Å². The molecular formula is C18H37N3O3. The first-order valence-electron chi connectivity index (χ1n) is 9.12. The summed E-state index contributed by atoms with van der Waals surface area (Å²) in [6.45, 7) is 11.4. The van der Waals surface area contributed by atoms with Gasteiger partial charge >= 0.3 is 0 Å². The van der Waals surface area contributed by atoms with Gasteiger partial charge in [0.15, 0.2) is 5.96 Å². The van der Waals surface area contributed by atoms with Crippen LogP contribution >= 0.6 is 0 Å². The first-order valence-corrected chi connectivity index (χ1v) is 9.12. The number of guanidine groups is 1. The van der Waals surface area contributed by atoms with Crippen molar-refractivity contribution < 1.29 is 14.2 Å². The average molecular weight is 344 g/mol. The molecular weight excluding hydrogens is 306 g/mol. The van der Waals surface area contributed by atoms with Crippen molar-refractivity contribution in [3.8, 4) is 0 Å². The first-order chi connectivity index (χ1) is 11.5. The van der Waals surface area contributed by atoms with E-state index in [1.807, 2.05) is 7.05 Å². The number of methoxy groups -OCH3 is 1. The van der Waals surface area contributed by atoms with Crippen LogP contribution in [0.1, 0.15) is 40.0 Å². The van der Waals surface area contributed by atoms with E-state index in [1.54, 1.807) is 7.11 Å². The Kier molecular flexibility index (Phi) is 10.3. The van der Waals surface area contributed by atoms with Gasteiger partial charge in [-0.25, -0.2) is 0 Å². The summed E-state index contributed by atoms with van der Waals surface area (Å²) in [6.07, 6.45) is 3.59. The highest BCUT2D eigenvalue weighted by molar-refractivity contribution is 5.79. The van der Waals surface area contributed by atoms with E-state index in [0.29, 0.717) is 25.2 Å². The summed E-state index contributed by atoms with van der Waals surface area (Å²) in [5.41, 5.74) is 0.170. The first kappa shape index (κ1) is 21.2.